The summed E-state index contributed by atoms with van der Waals surface area (Å²) in [5, 5.41) is 29.8. The molecule has 0 spiro atoms. The van der Waals surface area contributed by atoms with Gasteiger partial charge in [-0.2, -0.15) is 0 Å². The molecule has 11 heteroatoms. The number of carboxylic acid groups (broad SMARTS) is 1. The van der Waals surface area contributed by atoms with Crippen LogP contribution in [0.15, 0.2) is 39.3 Å². The molecule has 1 amide bonds. The molecule has 2 rings (SSSR count). The number of carboxylic acids is 1. The molecular weight excluding hydrogens is 533 g/mol. The number of hydrogen-bond acceptors (Lipinski definition) is 6. The van der Waals surface area contributed by atoms with E-state index in [4.69, 9.17) is 9.84 Å². The molecule has 3 unspecified atom stereocenters. The first-order chi connectivity index (χ1) is 13.5. The van der Waals surface area contributed by atoms with Crippen molar-refractivity contribution in [3.63, 3.8) is 0 Å². The zero-order valence-electron chi connectivity index (χ0n) is 15.3. The highest BCUT2D eigenvalue weighted by Crippen LogP contribution is 2.42. The van der Waals surface area contributed by atoms with E-state index in [1.165, 1.54) is 32.0 Å². The third kappa shape index (κ3) is 5.60. The lowest BCUT2D eigenvalue weighted by atomic mass is 10.1. The first-order valence-corrected chi connectivity index (χ1v) is 10.8. The van der Waals surface area contributed by atoms with Crippen molar-refractivity contribution < 1.29 is 34.2 Å². The summed E-state index contributed by atoms with van der Waals surface area (Å²) < 4.78 is 18.0. The molecular formula is C18H18Br2NO7P. The Bertz CT molecular complexity index is 958. The molecule has 0 aliphatic carbocycles. The van der Waals surface area contributed by atoms with E-state index in [2.05, 4.69) is 37.2 Å². The van der Waals surface area contributed by atoms with Gasteiger partial charge in [0.2, 0.25) is 0 Å². The van der Waals surface area contributed by atoms with Crippen molar-refractivity contribution >= 4 is 52.2 Å². The first-order valence-electron chi connectivity index (χ1n) is 8.19. The molecule has 0 aliphatic rings. The van der Waals surface area contributed by atoms with Crippen molar-refractivity contribution in [2.24, 2.45) is 0 Å². The summed E-state index contributed by atoms with van der Waals surface area (Å²) >= 11 is 6.67. The number of phenolic OH excluding ortho intramolecular Hbond substituents is 1. The van der Waals surface area contributed by atoms with Gasteiger partial charge < -0.3 is 29.9 Å². The maximum atomic E-state index is 12.2. The van der Waals surface area contributed by atoms with E-state index in [0.29, 0.717) is 20.3 Å². The van der Waals surface area contributed by atoms with Gasteiger partial charge in [0.15, 0.2) is 5.75 Å². The quantitative estimate of drug-likeness (QED) is 0.385. The van der Waals surface area contributed by atoms with Gasteiger partial charge in [0.25, 0.3) is 5.91 Å². The van der Waals surface area contributed by atoms with Crippen LogP contribution in [0.5, 0.6) is 17.2 Å². The summed E-state index contributed by atoms with van der Waals surface area (Å²) in [6.07, 6.45) is 0. The van der Waals surface area contributed by atoms with E-state index in [1.807, 2.05) is 0 Å². The van der Waals surface area contributed by atoms with Gasteiger partial charge in [0.1, 0.15) is 22.9 Å². The number of aliphatic hydroxyl groups is 1. The number of hydrogen-bond donors (Lipinski definition) is 4. The summed E-state index contributed by atoms with van der Waals surface area (Å²) in [5.74, 6) is -1.80. The lowest BCUT2D eigenvalue weighted by molar-refractivity contribution is -0.138. The minimum absolute atomic E-state index is 0.155. The molecule has 0 fully saturated rings. The normalized spacial score (nSPS) is 14.4. The van der Waals surface area contributed by atoms with Crippen molar-refractivity contribution in [1.29, 1.82) is 0 Å². The Kier molecular flexibility index (Phi) is 7.50. The van der Waals surface area contributed by atoms with Crippen LogP contribution >= 0.6 is 40.3 Å². The maximum Gasteiger partial charge on any atom is 0.325 e. The standard InChI is InChI=1S/C18H18Br2NO7P/c1-8(17(24)25)21-16(23)11-7-10(3-4-14(11)22)28-15-12(19)5-9(6-13(15)20)18(2,26)29-27/h3-8,22,26H,29H2,1-2H3,(H,21,23)(H,24,25). The topological polar surface area (TPSA) is 133 Å². The van der Waals surface area contributed by atoms with Gasteiger partial charge in [0, 0.05) is 0 Å². The number of nitrogens with one attached hydrogen (secondary N) is 1. The minimum Gasteiger partial charge on any atom is -0.507 e. The average Bonchev–Trinajstić information content (AvgIpc) is 2.65. The predicted octanol–water partition coefficient (Wildman–Crippen LogP) is 3.83. The summed E-state index contributed by atoms with van der Waals surface area (Å²) in [5.41, 5.74) is 0.263. The highest BCUT2D eigenvalue weighted by Gasteiger charge is 2.24. The fourth-order valence-corrected chi connectivity index (χ4v) is 3.88. The Labute approximate surface area is 184 Å². The molecule has 4 N–H and O–H groups in total. The van der Waals surface area contributed by atoms with E-state index in [0.717, 1.165) is 0 Å². The largest absolute Gasteiger partial charge is 0.507 e. The monoisotopic (exact) mass is 549 g/mol. The fraction of sp³-hybridized carbons (Fsp3) is 0.222. The van der Waals surface area contributed by atoms with Gasteiger partial charge in [-0.25, -0.2) is 0 Å². The molecule has 8 nitrogen and oxygen atoms in total. The van der Waals surface area contributed by atoms with Gasteiger partial charge in [-0.1, -0.05) is 0 Å². The van der Waals surface area contributed by atoms with Crippen molar-refractivity contribution in [3.8, 4) is 17.2 Å². The summed E-state index contributed by atoms with van der Waals surface area (Å²) in [4.78, 5) is 23.1. The zero-order valence-corrected chi connectivity index (χ0v) is 19.6. The van der Waals surface area contributed by atoms with Crippen LogP contribution in [-0.2, 0) is 14.7 Å². The van der Waals surface area contributed by atoms with Gasteiger partial charge in [-0.05, 0) is 81.6 Å². The van der Waals surface area contributed by atoms with Crippen molar-refractivity contribution in [2.45, 2.75) is 25.2 Å². The van der Waals surface area contributed by atoms with E-state index >= 15 is 0 Å². The molecule has 0 bridgehead atoms. The van der Waals surface area contributed by atoms with Crippen LogP contribution in [0.4, 0.5) is 0 Å². The van der Waals surface area contributed by atoms with Crippen LogP contribution < -0.4 is 10.1 Å². The molecule has 2 aromatic rings. The lowest BCUT2D eigenvalue weighted by Gasteiger charge is -2.19. The second-order valence-corrected chi connectivity index (χ2v) is 9.42. The Morgan fingerprint density at radius 1 is 1.21 bits per heavy atom. The van der Waals surface area contributed by atoms with Crippen LogP contribution in [0.2, 0.25) is 0 Å². The number of aromatic hydroxyl groups is 1. The number of ether oxygens (including phenoxy) is 1. The minimum atomic E-state index is -1.48. The zero-order chi connectivity index (χ0) is 21.9. The molecule has 3 atom stereocenters. The number of carbonyl (C=O) groups is 2. The Morgan fingerprint density at radius 2 is 1.79 bits per heavy atom. The van der Waals surface area contributed by atoms with Gasteiger partial charge in [-0.15, -0.1) is 0 Å². The van der Waals surface area contributed by atoms with E-state index in [-0.39, 0.29) is 17.1 Å². The fourth-order valence-electron chi connectivity index (χ4n) is 2.23. The van der Waals surface area contributed by atoms with Crippen molar-refractivity contribution in [2.75, 3.05) is 0 Å². The predicted molar refractivity (Wildman–Crippen MR) is 115 cm³/mol. The number of amides is 1. The Balaban J connectivity index is 2.35. The van der Waals surface area contributed by atoms with Gasteiger partial charge in [0.05, 0.1) is 23.0 Å². The summed E-state index contributed by atoms with van der Waals surface area (Å²) in [6, 6.07) is 5.93. The Hall–Kier alpha value is -1.87. The second-order valence-electron chi connectivity index (χ2n) is 6.35. The number of carbonyl (C=O) groups excluding carboxylic acids is 1. The maximum absolute atomic E-state index is 12.2. The van der Waals surface area contributed by atoms with E-state index in [1.54, 1.807) is 12.1 Å². The number of aliphatic carboxylic acids is 1. The molecule has 2 aromatic carbocycles. The lowest BCUT2D eigenvalue weighted by Crippen LogP contribution is -2.38. The van der Waals surface area contributed by atoms with Crippen molar-refractivity contribution in [1.82, 2.24) is 5.32 Å². The van der Waals surface area contributed by atoms with Crippen molar-refractivity contribution in [3.05, 3.63) is 50.4 Å². The summed E-state index contributed by atoms with van der Waals surface area (Å²) in [6.45, 7) is 2.74. The highest BCUT2D eigenvalue weighted by atomic mass is 79.9. The molecule has 0 aliphatic heterocycles. The van der Waals surface area contributed by atoms with E-state index in [9.17, 15) is 24.4 Å². The second kappa shape index (κ2) is 9.30. The number of phenols is 1. The number of benzene rings is 2. The van der Waals surface area contributed by atoms with Crippen LogP contribution in [0, 0.1) is 0 Å². The molecule has 0 aromatic heterocycles. The van der Waals surface area contributed by atoms with Crippen LogP contribution in [0.3, 0.4) is 0 Å². The van der Waals surface area contributed by atoms with E-state index < -0.39 is 31.7 Å². The SMILES string of the molecule is CC(NC(=O)c1cc(Oc2c(Br)cc(C(C)(O)[PH2]=O)cc2Br)ccc1O)C(=O)O. The molecule has 29 heavy (non-hydrogen) atoms. The van der Waals surface area contributed by atoms with Crippen LogP contribution in [0.1, 0.15) is 29.8 Å². The average molecular weight is 551 g/mol. The molecule has 0 saturated carbocycles. The third-order valence-electron chi connectivity index (χ3n) is 3.96. The third-order valence-corrected chi connectivity index (χ3v) is 5.93. The van der Waals surface area contributed by atoms with Gasteiger partial charge in [-0.3, -0.25) is 9.59 Å². The number of rotatable bonds is 7. The first kappa shape index (κ1) is 23.4. The van der Waals surface area contributed by atoms with Crippen LogP contribution in [0.25, 0.3) is 0 Å². The highest BCUT2D eigenvalue weighted by molar-refractivity contribution is 9.11. The molecule has 156 valence electrons. The number of halogens is 2. The smallest absolute Gasteiger partial charge is 0.325 e. The Morgan fingerprint density at radius 3 is 2.31 bits per heavy atom. The molecule has 0 saturated heterocycles. The summed E-state index contributed by atoms with van der Waals surface area (Å²) in [7, 11) is -1.48. The molecule has 0 heterocycles. The van der Waals surface area contributed by atoms with Gasteiger partial charge >= 0.3 is 5.97 Å². The van der Waals surface area contributed by atoms with Crippen LogP contribution in [-0.4, -0.2) is 33.2 Å². The molecule has 0 radical (unpaired) electrons.